The summed E-state index contributed by atoms with van der Waals surface area (Å²) in [6.45, 7) is 1.90. The zero-order valence-corrected chi connectivity index (χ0v) is 23.5. The molecule has 6 atom stereocenters. The van der Waals surface area contributed by atoms with Gasteiger partial charge in [-0.25, -0.2) is 0 Å². The number of piperidine rings is 1. The van der Waals surface area contributed by atoms with E-state index in [-0.39, 0.29) is 24.2 Å². The minimum atomic E-state index is -2.75. The first-order valence-corrected chi connectivity index (χ1v) is 13.9. The largest absolute Gasteiger partial charge is 0.507 e. The molecule has 11 nitrogen and oxygen atoms in total. The molecule has 40 heavy (non-hydrogen) atoms. The third-order valence-corrected chi connectivity index (χ3v) is 9.62. The maximum atomic E-state index is 14.5. The number of nitrogens with zero attached hydrogens (tertiary/aromatic N) is 3. The van der Waals surface area contributed by atoms with Crippen LogP contribution in [0.1, 0.15) is 41.6 Å². The third-order valence-electron chi connectivity index (χ3n) is 9.62. The lowest BCUT2D eigenvalue weighted by atomic mass is 9.46. The van der Waals surface area contributed by atoms with E-state index in [1.807, 2.05) is 19.0 Å². The Kier molecular flexibility index (Phi) is 6.91. The minimum absolute atomic E-state index is 0.0100. The Bertz CT molecular complexity index is 1300. The van der Waals surface area contributed by atoms with Gasteiger partial charge in [-0.2, -0.15) is 0 Å². The maximum Gasteiger partial charge on any atom is 0.235 e. The van der Waals surface area contributed by atoms with Crippen LogP contribution >= 0.6 is 0 Å². The van der Waals surface area contributed by atoms with E-state index in [9.17, 15) is 34.2 Å². The van der Waals surface area contributed by atoms with Crippen LogP contribution in [-0.2, 0) is 25.6 Å². The van der Waals surface area contributed by atoms with Gasteiger partial charge in [-0.15, -0.1) is 0 Å². The summed E-state index contributed by atoms with van der Waals surface area (Å²) in [5.74, 6) is -9.79. The molecule has 1 aromatic carbocycles. The van der Waals surface area contributed by atoms with Gasteiger partial charge in [-0.1, -0.05) is 6.42 Å². The van der Waals surface area contributed by atoms with E-state index in [1.165, 1.54) is 11.0 Å². The van der Waals surface area contributed by atoms with Gasteiger partial charge in [-0.3, -0.25) is 28.9 Å². The number of ketones is 4. The number of hydrogen-bond donors (Lipinski definition) is 3. The minimum Gasteiger partial charge on any atom is -0.507 e. The number of likely N-dealkylation sites (N-methyl/N-ethyl adjacent to an activating group) is 1. The van der Waals surface area contributed by atoms with Crippen LogP contribution in [0.2, 0.25) is 0 Å². The van der Waals surface area contributed by atoms with Gasteiger partial charge in [0.05, 0.1) is 17.5 Å². The molecule has 3 aliphatic carbocycles. The van der Waals surface area contributed by atoms with Gasteiger partial charge in [0.1, 0.15) is 5.75 Å². The van der Waals surface area contributed by atoms with Crippen molar-refractivity contribution in [3.05, 3.63) is 23.3 Å². The van der Waals surface area contributed by atoms with Gasteiger partial charge >= 0.3 is 0 Å². The van der Waals surface area contributed by atoms with Crippen LogP contribution in [0, 0.1) is 23.2 Å². The highest BCUT2D eigenvalue weighted by atomic mass is 16.3. The van der Waals surface area contributed by atoms with E-state index in [1.54, 1.807) is 20.2 Å². The Morgan fingerprint density at radius 3 is 2.27 bits per heavy atom. The van der Waals surface area contributed by atoms with Gasteiger partial charge < -0.3 is 25.7 Å². The molecule has 0 radical (unpaired) electrons. The van der Waals surface area contributed by atoms with Crippen LogP contribution in [-0.4, -0.2) is 109 Å². The fourth-order valence-electron chi connectivity index (χ4n) is 7.97. The zero-order valence-electron chi connectivity index (χ0n) is 23.5. The van der Waals surface area contributed by atoms with E-state index >= 15 is 0 Å². The number of phenolic OH excluding ortho intramolecular Hbond substituents is 1. The average molecular weight is 555 g/mol. The Hall–Kier alpha value is -3.15. The van der Waals surface area contributed by atoms with E-state index in [0.29, 0.717) is 12.1 Å². The summed E-state index contributed by atoms with van der Waals surface area (Å²) in [5.41, 5.74) is 2.97. The summed E-state index contributed by atoms with van der Waals surface area (Å²) in [6.07, 6.45) is 3.27. The van der Waals surface area contributed by atoms with Crippen LogP contribution in [0.3, 0.4) is 0 Å². The first-order valence-electron chi connectivity index (χ1n) is 13.9. The number of hydrogen-bond acceptors (Lipinski definition) is 10. The highest BCUT2D eigenvalue weighted by Crippen LogP contribution is 2.57. The van der Waals surface area contributed by atoms with Gasteiger partial charge in [0.2, 0.25) is 5.91 Å². The summed E-state index contributed by atoms with van der Waals surface area (Å²) in [4.78, 5) is 73.8. The number of likely N-dealkylation sites (tertiary alicyclic amines) is 1. The SMILES string of the molecule is CN(C)c1ccc(O)c2c1C[C@@]1(CN3CCCCC3)C[C@H]3[C@H](N(C)C)C(=O)C(C(N)=O)C(=O)[C@@]3(O)C(=O)C1C2=O. The molecule has 4 aliphatic rings. The molecule has 11 heteroatoms. The number of aromatic hydroxyl groups is 1. The van der Waals surface area contributed by atoms with Gasteiger partial charge in [0.15, 0.2) is 34.7 Å². The second kappa shape index (κ2) is 9.74. The summed E-state index contributed by atoms with van der Waals surface area (Å²) >= 11 is 0. The topological polar surface area (TPSA) is 162 Å². The fraction of sp³-hybridized carbons (Fsp3) is 0.621. The van der Waals surface area contributed by atoms with E-state index in [2.05, 4.69) is 4.90 Å². The number of amides is 1. The number of fused-ring (bicyclic) bond motifs is 3. The van der Waals surface area contributed by atoms with Gasteiger partial charge in [-0.05, 0) is 70.6 Å². The van der Waals surface area contributed by atoms with Crippen LogP contribution in [0.25, 0.3) is 0 Å². The molecule has 0 spiro atoms. The number of Topliss-reactive ketones (excluding diaryl/α,β-unsaturated/α-hetero) is 4. The molecule has 0 bridgehead atoms. The Morgan fingerprint density at radius 2 is 1.70 bits per heavy atom. The zero-order chi connectivity index (χ0) is 29.3. The number of aliphatic hydroxyl groups is 1. The smallest absolute Gasteiger partial charge is 0.235 e. The molecule has 2 saturated carbocycles. The maximum absolute atomic E-state index is 14.5. The fourth-order valence-corrected chi connectivity index (χ4v) is 7.97. The summed E-state index contributed by atoms with van der Waals surface area (Å²) in [7, 11) is 6.84. The highest BCUT2D eigenvalue weighted by molar-refractivity contribution is 6.32. The molecule has 4 N–H and O–H groups in total. The number of rotatable bonds is 5. The first kappa shape index (κ1) is 28.4. The predicted molar refractivity (Wildman–Crippen MR) is 145 cm³/mol. The molecule has 216 valence electrons. The monoisotopic (exact) mass is 554 g/mol. The lowest BCUT2D eigenvalue weighted by Gasteiger charge is -2.58. The molecule has 1 aromatic rings. The number of benzene rings is 1. The summed E-state index contributed by atoms with van der Waals surface area (Å²) in [6, 6.07) is 1.99. The molecule has 2 unspecified atom stereocenters. The van der Waals surface area contributed by atoms with E-state index in [4.69, 9.17) is 5.73 Å². The molecule has 1 heterocycles. The standard InChI is InChI=1S/C29H38N4O7/c1-31(2)17-8-9-18(34)19-15(17)12-28(14-33-10-6-5-7-11-33)13-16-22(32(3)4)24(36)20(27(30)39)25(37)29(16,40)26(38)21(28)23(19)35/h8-9,16,20-22,34,40H,5-7,10-14H2,1-4H3,(H2,30,39)/t16-,20?,21?,22-,28-,29+/m0/s1. The second-order valence-electron chi connectivity index (χ2n) is 12.5. The first-order chi connectivity index (χ1) is 18.8. The van der Waals surface area contributed by atoms with E-state index < -0.39 is 63.9 Å². The van der Waals surface area contributed by atoms with Crippen molar-refractivity contribution in [2.75, 3.05) is 52.7 Å². The van der Waals surface area contributed by atoms with Crippen molar-refractivity contribution in [1.82, 2.24) is 9.80 Å². The second-order valence-corrected chi connectivity index (χ2v) is 12.5. The van der Waals surface area contributed by atoms with E-state index in [0.717, 1.165) is 38.0 Å². The highest BCUT2D eigenvalue weighted by Gasteiger charge is 2.72. The number of carbonyl (C=O) groups is 5. The third kappa shape index (κ3) is 3.93. The quantitative estimate of drug-likeness (QED) is 0.415. The molecular weight excluding hydrogens is 516 g/mol. The Morgan fingerprint density at radius 1 is 1.05 bits per heavy atom. The van der Waals surface area contributed by atoms with Crippen molar-refractivity contribution >= 4 is 34.7 Å². The van der Waals surface area contributed by atoms with Crippen LogP contribution in [0.5, 0.6) is 5.75 Å². The molecule has 1 amide bonds. The van der Waals surface area contributed by atoms with Crippen molar-refractivity contribution < 1.29 is 34.2 Å². The molecule has 1 aliphatic heterocycles. The number of anilines is 1. The number of carbonyl (C=O) groups excluding carboxylic acids is 5. The molecule has 0 aromatic heterocycles. The van der Waals surface area contributed by atoms with Crippen molar-refractivity contribution in [2.24, 2.45) is 28.9 Å². The predicted octanol–water partition coefficient (Wildman–Crippen LogP) is -0.211. The molecule has 3 fully saturated rings. The molecule has 5 rings (SSSR count). The van der Waals surface area contributed by atoms with Crippen LogP contribution in [0.4, 0.5) is 5.69 Å². The lowest BCUT2D eigenvalue weighted by molar-refractivity contribution is -0.187. The lowest BCUT2D eigenvalue weighted by Crippen LogP contribution is -2.76. The molecular formula is C29H38N4O7. The van der Waals surface area contributed by atoms with Crippen LogP contribution < -0.4 is 10.6 Å². The Labute approximate surface area is 233 Å². The average Bonchev–Trinajstić information content (AvgIpc) is 2.86. The van der Waals surface area contributed by atoms with Crippen molar-refractivity contribution in [1.29, 1.82) is 0 Å². The normalized spacial score (nSPS) is 34.4. The molecule has 1 saturated heterocycles. The number of nitrogens with two attached hydrogens (primary N) is 1. The number of primary amides is 1. The van der Waals surface area contributed by atoms with Gasteiger partial charge in [0.25, 0.3) is 0 Å². The van der Waals surface area contributed by atoms with Gasteiger partial charge in [0, 0.05) is 37.7 Å². The van der Waals surface area contributed by atoms with Crippen molar-refractivity contribution in [3.8, 4) is 5.75 Å². The summed E-state index contributed by atoms with van der Waals surface area (Å²) < 4.78 is 0. The van der Waals surface area contributed by atoms with Crippen molar-refractivity contribution in [2.45, 2.75) is 43.7 Å². The van der Waals surface area contributed by atoms with Crippen molar-refractivity contribution in [3.63, 3.8) is 0 Å². The Balaban J connectivity index is 1.75. The van der Waals surface area contributed by atoms with Crippen LogP contribution in [0.15, 0.2) is 12.1 Å². The number of phenols is 1. The summed E-state index contributed by atoms with van der Waals surface area (Å²) in [5, 5.41) is 22.8.